The highest BCUT2D eigenvalue weighted by Crippen LogP contribution is 2.29. The SMILES string of the molecule is O=C(C1CCOCC1)N(Cc1cccnc1)CC1CCN(C2CCCC2)CC1. The van der Waals surface area contributed by atoms with Crippen molar-refractivity contribution in [3.63, 3.8) is 0 Å². The van der Waals surface area contributed by atoms with Gasteiger partial charge in [0.1, 0.15) is 0 Å². The number of carbonyl (C=O) groups excluding carboxylic acids is 1. The third-order valence-electron chi connectivity index (χ3n) is 6.95. The van der Waals surface area contributed by atoms with E-state index >= 15 is 0 Å². The van der Waals surface area contributed by atoms with Gasteiger partial charge in [0.2, 0.25) is 5.91 Å². The molecule has 0 radical (unpaired) electrons. The van der Waals surface area contributed by atoms with Gasteiger partial charge in [-0.2, -0.15) is 0 Å². The molecule has 3 heterocycles. The molecular formula is C23H35N3O2. The first-order valence-electron chi connectivity index (χ1n) is 11.3. The van der Waals surface area contributed by atoms with Crippen molar-refractivity contribution in [2.24, 2.45) is 11.8 Å². The van der Waals surface area contributed by atoms with Crippen molar-refractivity contribution < 1.29 is 9.53 Å². The van der Waals surface area contributed by atoms with E-state index in [0.29, 0.717) is 18.4 Å². The van der Waals surface area contributed by atoms with Crippen LogP contribution in [0.1, 0.15) is 56.9 Å². The number of pyridine rings is 1. The summed E-state index contributed by atoms with van der Waals surface area (Å²) in [6.07, 6.45) is 13.5. The van der Waals surface area contributed by atoms with Gasteiger partial charge in [0.25, 0.3) is 0 Å². The minimum atomic E-state index is 0.129. The second-order valence-corrected chi connectivity index (χ2v) is 8.88. The molecule has 1 aliphatic carbocycles. The van der Waals surface area contributed by atoms with Crippen LogP contribution in [0.5, 0.6) is 0 Å². The van der Waals surface area contributed by atoms with Crippen molar-refractivity contribution in [2.75, 3.05) is 32.8 Å². The highest BCUT2D eigenvalue weighted by atomic mass is 16.5. The lowest BCUT2D eigenvalue weighted by molar-refractivity contribution is -0.140. The van der Waals surface area contributed by atoms with E-state index in [9.17, 15) is 4.79 Å². The van der Waals surface area contributed by atoms with E-state index < -0.39 is 0 Å². The lowest BCUT2D eigenvalue weighted by atomic mass is 9.93. The summed E-state index contributed by atoms with van der Waals surface area (Å²) in [4.78, 5) is 22.4. The quantitative estimate of drug-likeness (QED) is 0.752. The summed E-state index contributed by atoms with van der Waals surface area (Å²) in [6.45, 7) is 5.44. The zero-order valence-corrected chi connectivity index (χ0v) is 17.1. The van der Waals surface area contributed by atoms with Crippen LogP contribution in [0.15, 0.2) is 24.5 Å². The molecule has 3 aliphatic rings. The molecule has 3 fully saturated rings. The molecule has 2 saturated heterocycles. The van der Waals surface area contributed by atoms with Crippen LogP contribution in [0, 0.1) is 11.8 Å². The fraction of sp³-hybridized carbons (Fsp3) is 0.739. The normalized spacial score (nSPS) is 23.1. The minimum absolute atomic E-state index is 0.129. The van der Waals surface area contributed by atoms with Gasteiger partial charge in [0.05, 0.1) is 0 Å². The van der Waals surface area contributed by atoms with Gasteiger partial charge in [0, 0.05) is 50.7 Å². The van der Waals surface area contributed by atoms with Crippen LogP contribution in [0.4, 0.5) is 0 Å². The predicted octanol–water partition coefficient (Wildman–Crippen LogP) is 3.49. The Morgan fingerprint density at radius 2 is 1.86 bits per heavy atom. The Labute approximate surface area is 169 Å². The van der Waals surface area contributed by atoms with Gasteiger partial charge in [-0.05, 0) is 69.2 Å². The average Bonchev–Trinajstić information content (AvgIpc) is 3.30. The number of carbonyl (C=O) groups is 1. The van der Waals surface area contributed by atoms with Crippen LogP contribution < -0.4 is 0 Å². The first-order chi connectivity index (χ1) is 13.8. The molecule has 1 aromatic heterocycles. The van der Waals surface area contributed by atoms with Gasteiger partial charge in [-0.3, -0.25) is 9.78 Å². The summed E-state index contributed by atoms with van der Waals surface area (Å²) in [7, 11) is 0. The van der Waals surface area contributed by atoms with E-state index in [-0.39, 0.29) is 5.92 Å². The summed E-state index contributed by atoms with van der Waals surface area (Å²) < 4.78 is 5.47. The highest BCUT2D eigenvalue weighted by Gasteiger charge is 2.31. The van der Waals surface area contributed by atoms with Crippen molar-refractivity contribution in [1.82, 2.24) is 14.8 Å². The van der Waals surface area contributed by atoms with Crippen molar-refractivity contribution >= 4 is 5.91 Å². The van der Waals surface area contributed by atoms with E-state index in [0.717, 1.165) is 44.2 Å². The summed E-state index contributed by atoms with van der Waals surface area (Å²) in [5, 5.41) is 0. The van der Waals surface area contributed by atoms with Crippen molar-refractivity contribution in [3.8, 4) is 0 Å². The molecule has 0 unspecified atom stereocenters. The van der Waals surface area contributed by atoms with Crippen LogP contribution in [-0.4, -0.2) is 59.6 Å². The Morgan fingerprint density at radius 1 is 1.11 bits per heavy atom. The van der Waals surface area contributed by atoms with Gasteiger partial charge in [-0.1, -0.05) is 18.9 Å². The molecule has 0 spiro atoms. The Kier molecular flexibility index (Phi) is 6.97. The number of hydrogen-bond acceptors (Lipinski definition) is 4. The second-order valence-electron chi connectivity index (χ2n) is 8.88. The van der Waals surface area contributed by atoms with E-state index in [1.807, 2.05) is 12.3 Å². The third kappa shape index (κ3) is 5.12. The topological polar surface area (TPSA) is 45.7 Å². The van der Waals surface area contributed by atoms with Crippen LogP contribution in [0.2, 0.25) is 0 Å². The Morgan fingerprint density at radius 3 is 2.54 bits per heavy atom. The fourth-order valence-electron chi connectivity index (χ4n) is 5.23. The van der Waals surface area contributed by atoms with Gasteiger partial charge in [-0.25, -0.2) is 0 Å². The smallest absolute Gasteiger partial charge is 0.226 e. The van der Waals surface area contributed by atoms with E-state index in [2.05, 4.69) is 20.9 Å². The predicted molar refractivity (Wildman–Crippen MR) is 110 cm³/mol. The van der Waals surface area contributed by atoms with Crippen molar-refractivity contribution in [1.29, 1.82) is 0 Å². The number of piperidine rings is 1. The maximum Gasteiger partial charge on any atom is 0.226 e. The second kappa shape index (κ2) is 9.84. The summed E-state index contributed by atoms with van der Waals surface area (Å²) >= 11 is 0. The molecule has 28 heavy (non-hydrogen) atoms. The summed E-state index contributed by atoms with van der Waals surface area (Å²) in [6, 6.07) is 4.88. The van der Waals surface area contributed by atoms with E-state index in [1.165, 1.54) is 51.6 Å². The maximum absolute atomic E-state index is 13.3. The number of amides is 1. The average molecular weight is 386 g/mol. The largest absolute Gasteiger partial charge is 0.381 e. The molecule has 4 rings (SSSR count). The van der Waals surface area contributed by atoms with E-state index in [1.54, 1.807) is 6.20 Å². The first kappa shape index (κ1) is 19.8. The van der Waals surface area contributed by atoms with Gasteiger partial charge in [-0.15, -0.1) is 0 Å². The molecule has 154 valence electrons. The van der Waals surface area contributed by atoms with Crippen LogP contribution in [-0.2, 0) is 16.1 Å². The molecule has 1 amide bonds. The minimum Gasteiger partial charge on any atom is -0.381 e. The monoisotopic (exact) mass is 385 g/mol. The zero-order chi connectivity index (χ0) is 19.2. The molecule has 2 aliphatic heterocycles. The number of aromatic nitrogens is 1. The van der Waals surface area contributed by atoms with E-state index in [4.69, 9.17) is 4.74 Å². The van der Waals surface area contributed by atoms with Crippen LogP contribution in [0.25, 0.3) is 0 Å². The number of likely N-dealkylation sites (tertiary alicyclic amines) is 1. The Bertz CT molecular complexity index is 604. The number of rotatable bonds is 6. The maximum atomic E-state index is 13.3. The molecule has 1 aromatic rings. The molecule has 0 N–H and O–H groups in total. The van der Waals surface area contributed by atoms with Gasteiger partial charge >= 0.3 is 0 Å². The highest BCUT2D eigenvalue weighted by molar-refractivity contribution is 5.79. The molecule has 1 saturated carbocycles. The standard InChI is InChI=1S/C23H35N3O2/c27-23(21-9-14-28-15-10-21)26(18-20-4-3-11-24-16-20)17-19-7-12-25(13-8-19)22-5-1-2-6-22/h3-4,11,16,19,21-22H,1-2,5-10,12-15,17-18H2. The van der Waals surface area contributed by atoms with Crippen LogP contribution >= 0.6 is 0 Å². The molecule has 0 atom stereocenters. The number of hydrogen-bond donors (Lipinski definition) is 0. The zero-order valence-electron chi connectivity index (χ0n) is 17.1. The van der Waals surface area contributed by atoms with Crippen molar-refractivity contribution in [3.05, 3.63) is 30.1 Å². The first-order valence-corrected chi connectivity index (χ1v) is 11.3. The Balaban J connectivity index is 1.36. The lowest BCUT2D eigenvalue weighted by Gasteiger charge is -2.38. The summed E-state index contributed by atoms with van der Waals surface area (Å²) in [5.41, 5.74) is 1.13. The molecular weight excluding hydrogens is 350 g/mol. The van der Waals surface area contributed by atoms with Crippen LogP contribution in [0.3, 0.4) is 0 Å². The molecule has 5 nitrogen and oxygen atoms in total. The van der Waals surface area contributed by atoms with Gasteiger partial charge < -0.3 is 14.5 Å². The number of nitrogens with zero attached hydrogens (tertiary/aromatic N) is 3. The summed E-state index contributed by atoms with van der Waals surface area (Å²) in [5.74, 6) is 1.08. The number of ether oxygens (including phenoxy) is 1. The molecule has 0 bridgehead atoms. The molecule has 5 heteroatoms. The molecule has 0 aromatic carbocycles. The Hall–Kier alpha value is -1.46. The fourth-order valence-corrected chi connectivity index (χ4v) is 5.23. The third-order valence-corrected chi connectivity index (χ3v) is 6.95. The van der Waals surface area contributed by atoms with Crippen molar-refractivity contribution in [2.45, 2.75) is 64.0 Å². The lowest BCUT2D eigenvalue weighted by Crippen LogP contribution is -2.45. The van der Waals surface area contributed by atoms with Gasteiger partial charge in [0.15, 0.2) is 0 Å².